The Morgan fingerprint density at radius 3 is 3.00 bits per heavy atom. The Hall–Kier alpha value is -0.0800. The van der Waals surface area contributed by atoms with Crippen LogP contribution in [0, 0.1) is 5.92 Å². The quantitative estimate of drug-likeness (QED) is 0.667. The molecule has 2 nitrogen and oxygen atoms in total. The third-order valence-corrected chi connectivity index (χ3v) is 3.41. The van der Waals surface area contributed by atoms with Crippen LogP contribution in [0.2, 0.25) is 0 Å². The maximum atomic E-state index is 8.70. The first kappa shape index (κ1) is 8.52. The van der Waals surface area contributed by atoms with Gasteiger partial charge in [-0.05, 0) is 38.0 Å². The van der Waals surface area contributed by atoms with E-state index in [-0.39, 0.29) is 0 Å². The highest BCUT2D eigenvalue weighted by atomic mass is 16.2. The minimum Gasteiger partial charge on any atom is -0.396 e. The van der Waals surface area contributed by atoms with E-state index in [2.05, 4.69) is 5.32 Å². The van der Waals surface area contributed by atoms with E-state index in [1.807, 2.05) is 0 Å². The second-order valence-corrected chi connectivity index (χ2v) is 4.26. The Balaban J connectivity index is 1.75. The van der Waals surface area contributed by atoms with Crippen molar-refractivity contribution >= 4 is 0 Å². The van der Waals surface area contributed by atoms with Gasteiger partial charge in [0.1, 0.15) is 0 Å². The fourth-order valence-electron chi connectivity index (χ4n) is 2.81. The van der Waals surface area contributed by atoms with E-state index in [9.17, 15) is 0 Å². The topological polar surface area (TPSA) is 32.3 Å². The smallest absolute Gasteiger partial charge is 0.0431 e. The van der Waals surface area contributed by atoms with E-state index in [1.165, 1.54) is 32.1 Å². The molecule has 0 aromatic carbocycles. The molecule has 2 heteroatoms. The van der Waals surface area contributed by atoms with Crippen LogP contribution in [-0.4, -0.2) is 23.8 Å². The number of nitrogens with one attached hydrogen (secondary N) is 1. The summed E-state index contributed by atoms with van der Waals surface area (Å²) in [6, 6.07) is 1.54. The van der Waals surface area contributed by atoms with Crippen LogP contribution >= 0.6 is 0 Å². The van der Waals surface area contributed by atoms with Gasteiger partial charge in [0, 0.05) is 18.7 Å². The fourth-order valence-corrected chi connectivity index (χ4v) is 2.81. The van der Waals surface area contributed by atoms with E-state index in [0.29, 0.717) is 12.6 Å². The van der Waals surface area contributed by atoms with Crippen LogP contribution < -0.4 is 5.32 Å². The first-order valence-corrected chi connectivity index (χ1v) is 5.27. The molecule has 0 bridgehead atoms. The van der Waals surface area contributed by atoms with Gasteiger partial charge in [-0.3, -0.25) is 0 Å². The van der Waals surface area contributed by atoms with Gasteiger partial charge in [0.25, 0.3) is 0 Å². The van der Waals surface area contributed by atoms with Crippen LogP contribution in [0.3, 0.4) is 0 Å². The monoisotopic (exact) mass is 169 g/mol. The number of aliphatic hydroxyl groups excluding tert-OH is 1. The van der Waals surface area contributed by atoms with Crippen LogP contribution in [0.4, 0.5) is 0 Å². The minimum atomic E-state index is 0.355. The van der Waals surface area contributed by atoms with Crippen LogP contribution in [-0.2, 0) is 0 Å². The molecule has 12 heavy (non-hydrogen) atoms. The molecule has 2 rings (SSSR count). The molecule has 2 N–H and O–H groups in total. The molecule has 1 saturated heterocycles. The average molecular weight is 169 g/mol. The molecule has 2 aliphatic rings. The van der Waals surface area contributed by atoms with Crippen molar-refractivity contribution in [2.75, 3.05) is 6.61 Å². The highest BCUT2D eigenvalue weighted by molar-refractivity contribution is 4.94. The van der Waals surface area contributed by atoms with E-state index < -0.39 is 0 Å². The summed E-state index contributed by atoms with van der Waals surface area (Å²) in [5, 5.41) is 12.4. The maximum absolute atomic E-state index is 8.70. The molecule has 0 spiro atoms. The Morgan fingerprint density at radius 2 is 2.25 bits per heavy atom. The third-order valence-electron chi connectivity index (χ3n) is 3.41. The number of rotatable bonds is 3. The first-order chi connectivity index (χ1) is 5.90. The molecular weight excluding hydrogens is 150 g/mol. The molecule has 2 fully saturated rings. The summed E-state index contributed by atoms with van der Waals surface area (Å²) in [6.45, 7) is 0.355. The highest BCUT2D eigenvalue weighted by Gasteiger charge is 2.35. The Kier molecular flexibility index (Phi) is 2.66. The first-order valence-electron chi connectivity index (χ1n) is 5.27. The summed E-state index contributed by atoms with van der Waals surface area (Å²) in [7, 11) is 0. The van der Waals surface area contributed by atoms with Crippen LogP contribution in [0.1, 0.15) is 38.5 Å². The lowest BCUT2D eigenvalue weighted by atomic mass is 10.00. The Labute approximate surface area is 74.4 Å². The van der Waals surface area contributed by atoms with Gasteiger partial charge in [-0.25, -0.2) is 0 Å². The Morgan fingerprint density at radius 1 is 1.33 bits per heavy atom. The van der Waals surface area contributed by atoms with Gasteiger partial charge in [0.05, 0.1) is 0 Å². The van der Waals surface area contributed by atoms with E-state index >= 15 is 0 Å². The van der Waals surface area contributed by atoms with Crippen LogP contribution in [0.25, 0.3) is 0 Å². The van der Waals surface area contributed by atoms with Gasteiger partial charge in [0.15, 0.2) is 0 Å². The molecule has 1 saturated carbocycles. The normalized spacial score (nSPS) is 40.2. The number of hydrogen-bond acceptors (Lipinski definition) is 2. The molecule has 1 aliphatic carbocycles. The summed E-state index contributed by atoms with van der Waals surface area (Å²) in [4.78, 5) is 0. The van der Waals surface area contributed by atoms with Crippen molar-refractivity contribution in [3.8, 4) is 0 Å². The standard InChI is InChI=1S/C10H19NO/c12-6-2-4-9-7-8-3-1-5-10(8)11-9/h8-12H,1-7H2. The zero-order valence-electron chi connectivity index (χ0n) is 7.63. The SMILES string of the molecule is OCCCC1CC2CCCC2N1. The number of aliphatic hydroxyl groups is 1. The summed E-state index contributed by atoms with van der Waals surface area (Å²) in [6.07, 6.45) is 7.76. The van der Waals surface area contributed by atoms with Gasteiger partial charge in [-0.15, -0.1) is 0 Å². The van der Waals surface area contributed by atoms with Gasteiger partial charge >= 0.3 is 0 Å². The number of hydrogen-bond donors (Lipinski definition) is 2. The molecule has 1 heterocycles. The Bertz CT molecular complexity index is 137. The van der Waals surface area contributed by atoms with Crippen molar-refractivity contribution in [3.05, 3.63) is 0 Å². The van der Waals surface area contributed by atoms with Gasteiger partial charge in [-0.2, -0.15) is 0 Å². The van der Waals surface area contributed by atoms with Gasteiger partial charge in [0.2, 0.25) is 0 Å². The van der Waals surface area contributed by atoms with Gasteiger partial charge in [-0.1, -0.05) is 6.42 Å². The van der Waals surface area contributed by atoms with E-state index in [1.54, 1.807) is 0 Å². The number of fused-ring (bicyclic) bond motifs is 1. The van der Waals surface area contributed by atoms with Crippen molar-refractivity contribution in [3.63, 3.8) is 0 Å². The van der Waals surface area contributed by atoms with Gasteiger partial charge < -0.3 is 10.4 Å². The van der Waals surface area contributed by atoms with Crippen molar-refractivity contribution < 1.29 is 5.11 Å². The highest BCUT2D eigenvalue weighted by Crippen LogP contribution is 2.35. The van der Waals surface area contributed by atoms with Crippen LogP contribution in [0.5, 0.6) is 0 Å². The largest absolute Gasteiger partial charge is 0.396 e. The maximum Gasteiger partial charge on any atom is 0.0431 e. The summed E-state index contributed by atoms with van der Waals surface area (Å²) >= 11 is 0. The van der Waals surface area contributed by atoms with Crippen molar-refractivity contribution in [2.24, 2.45) is 5.92 Å². The molecule has 0 amide bonds. The fraction of sp³-hybridized carbons (Fsp3) is 1.00. The average Bonchev–Trinajstić information content (AvgIpc) is 2.58. The molecule has 0 radical (unpaired) electrons. The van der Waals surface area contributed by atoms with E-state index in [0.717, 1.165) is 18.4 Å². The summed E-state index contributed by atoms with van der Waals surface area (Å²) in [5.41, 5.74) is 0. The molecule has 3 atom stereocenters. The third kappa shape index (κ3) is 1.64. The molecule has 0 aromatic rings. The lowest BCUT2D eigenvalue weighted by Crippen LogP contribution is -2.29. The molecular formula is C10H19NO. The van der Waals surface area contributed by atoms with Crippen molar-refractivity contribution in [2.45, 2.75) is 50.6 Å². The molecule has 70 valence electrons. The van der Waals surface area contributed by atoms with Crippen LogP contribution in [0.15, 0.2) is 0 Å². The van der Waals surface area contributed by atoms with Crippen molar-refractivity contribution in [1.29, 1.82) is 0 Å². The molecule has 1 aliphatic heterocycles. The molecule has 3 unspecified atom stereocenters. The molecule has 0 aromatic heterocycles. The zero-order valence-corrected chi connectivity index (χ0v) is 7.63. The lowest BCUT2D eigenvalue weighted by molar-refractivity contribution is 0.276. The predicted molar refractivity (Wildman–Crippen MR) is 49.0 cm³/mol. The zero-order chi connectivity index (χ0) is 8.39. The van der Waals surface area contributed by atoms with E-state index in [4.69, 9.17) is 5.11 Å². The predicted octanol–water partition coefficient (Wildman–Crippen LogP) is 1.29. The minimum absolute atomic E-state index is 0.355. The summed E-state index contributed by atoms with van der Waals surface area (Å²) < 4.78 is 0. The summed E-state index contributed by atoms with van der Waals surface area (Å²) in [5.74, 6) is 0.966. The van der Waals surface area contributed by atoms with Crippen molar-refractivity contribution in [1.82, 2.24) is 5.32 Å². The lowest BCUT2D eigenvalue weighted by Gasteiger charge is -2.11. The second-order valence-electron chi connectivity index (χ2n) is 4.26. The second kappa shape index (κ2) is 3.75.